The number of fused-ring (bicyclic) bond motifs is 1. The molecule has 1 aliphatic rings. The number of hydrogen-bond acceptors (Lipinski definition) is 5. The number of carbonyl (C=O) groups is 1. The van der Waals surface area contributed by atoms with Crippen LogP contribution in [0.5, 0.6) is 5.75 Å². The number of carboxylic acid groups (broad SMARTS) is 1. The molecule has 0 saturated heterocycles. The number of allylic oxidation sites excluding steroid dienone is 1. The Kier molecular flexibility index (Phi) is 5.14. The molecule has 0 saturated carbocycles. The minimum Gasteiger partial charge on any atom is -0.496 e. The summed E-state index contributed by atoms with van der Waals surface area (Å²) in [5, 5.41) is 13.2. The summed E-state index contributed by atoms with van der Waals surface area (Å²) in [6.07, 6.45) is 3.96. The van der Waals surface area contributed by atoms with Crippen LogP contribution >= 0.6 is 0 Å². The van der Waals surface area contributed by atoms with Crippen molar-refractivity contribution in [2.24, 2.45) is 5.10 Å². The molecule has 28 heavy (non-hydrogen) atoms. The molecule has 6 heteroatoms. The summed E-state index contributed by atoms with van der Waals surface area (Å²) in [5.74, 6) is -0.215. The number of nitrogens with one attached hydrogen (secondary N) is 1. The lowest BCUT2D eigenvalue weighted by Crippen LogP contribution is -2.42. The molecule has 0 aromatic heterocycles. The molecular weight excluding hydrogens is 354 g/mol. The first-order chi connectivity index (χ1) is 13.2. The summed E-state index contributed by atoms with van der Waals surface area (Å²) in [5.41, 5.74) is 8.14. The van der Waals surface area contributed by atoms with Crippen LogP contribution in [0.1, 0.15) is 42.3 Å². The maximum absolute atomic E-state index is 10.9. The highest BCUT2D eigenvalue weighted by Gasteiger charge is 2.29. The number of rotatable bonds is 5. The van der Waals surface area contributed by atoms with Crippen molar-refractivity contribution in [1.82, 2.24) is 0 Å². The van der Waals surface area contributed by atoms with Crippen LogP contribution < -0.4 is 15.1 Å². The predicted molar refractivity (Wildman–Crippen MR) is 114 cm³/mol. The van der Waals surface area contributed by atoms with Crippen LogP contribution in [-0.2, 0) is 0 Å². The Morgan fingerprint density at radius 1 is 1.25 bits per heavy atom. The van der Waals surface area contributed by atoms with Crippen molar-refractivity contribution in [3.8, 4) is 5.75 Å². The fourth-order valence-corrected chi connectivity index (χ4v) is 3.34. The molecule has 6 nitrogen and oxygen atoms in total. The number of ether oxygens (including phenoxy) is 1. The van der Waals surface area contributed by atoms with Crippen molar-refractivity contribution in [1.29, 1.82) is 0 Å². The molecule has 0 atom stereocenters. The predicted octanol–water partition coefficient (Wildman–Crippen LogP) is 4.47. The van der Waals surface area contributed by atoms with E-state index in [-0.39, 0.29) is 11.1 Å². The Hall–Kier alpha value is -3.28. The van der Waals surface area contributed by atoms with E-state index in [4.69, 9.17) is 9.84 Å². The molecule has 146 valence electrons. The molecule has 1 heterocycles. The molecule has 2 aromatic rings. The number of aromatic carboxylic acids is 1. The second-order valence-electron chi connectivity index (χ2n) is 7.40. The maximum Gasteiger partial charge on any atom is 0.335 e. The number of anilines is 2. The highest BCUT2D eigenvalue weighted by Crippen LogP contribution is 2.40. The van der Waals surface area contributed by atoms with Gasteiger partial charge in [0.1, 0.15) is 5.75 Å². The third kappa shape index (κ3) is 3.71. The van der Waals surface area contributed by atoms with Gasteiger partial charge < -0.3 is 14.7 Å². The molecule has 1 aliphatic heterocycles. The van der Waals surface area contributed by atoms with Crippen LogP contribution in [-0.4, -0.2) is 37.0 Å². The topological polar surface area (TPSA) is 74.2 Å². The molecule has 0 unspecified atom stereocenters. The van der Waals surface area contributed by atoms with E-state index in [1.54, 1.807) is 25.5 Å². The van der Waals surface area contributed by atoms with E-state index >= 15 is 0 Å². The first kappa shape index (κ1) is 19.5. The summed E-state index contributed by atoms with van der Waals surface area (Å²) in [6, 6.07) is 10.5. The number of carboxylic acids is 1. The smallest absolute Gasteiger partial charge is 0.335 e. The van der Waals surface area contributed by atoms with Crippen LogP contribution in [0.15, 0.2) is 47.6 Å². The Balaban J connectivity index is 1.87. The van der Waals surface area contributed by atoms with Crippen molar-refractivity contribution >= 4 is 29.1 Å². The molecular formula is C22H25N3O3. The highest BCUT2D eigenvalue weighted by molar-refractivity contribution is 5.91. The van der Waals surface area contributed by atoms with Crippen molar-refractivity contribution in [2.75, 3.05) is 24.5 Å². The third-order valence-electron chi connectivity index (χ3n) is 5.10. The zero-order chi connectivity index (χ0) is 20.5. The lowest BCUT2D eigenvalue weighted by Gasteiger charge is -2.40. The zero-order valence-electron chi connectivity index (χ0n) is 16.8. The van der Waals surface area contributed by atoms with Crippen LogP contribution in [0.3, 0.4) is 0 Å². The van der Waals surface area contributed by atoms with Crippen LogP contribution in [0, 0.1) is 0 Å². The number of likely N-dealkylation sites (N-methyl/N-ethyl adjacent to an activating group) is 1. The zero-order valence-corrected chi connectivity index (χ0v) is 16.8. The van der Waals surface area contributed by atoms with E-state index in [0.29, 0.717) is 5.69 Å². The first-order valence-corrected chi connectivity index (χ1v) is 9.01. The number of methoxy groups -OCH3 is 1. The molecule has 2 aromatic carbocycles. The van der Waals surface area contributed by atoms with E-state index in [2.05, 4.69) is 55.4 Å². The van der Waals surface area contributed by atoms with E-state index in [0.717, 1.165) is 22.6 Å². The molecule has 0 bridgehead atoms. The highest BCUT2D eigenvalue weighted by atomic mass is 16.5. The fourth-order valence-electron chi connectivity index (χ4n) is 3.34. The summed E-state index contributed by atoms with van der Waals surface area (Å²) in [7, 11) is 3.73. The summed E-state index contributed by atoms with van der Waals surface area (Å²) >= 11 is 0. The molecule has 0 amide bonds. The van der Waals surface area contributed by atoms with Gasteiger partial charge in [0.15, 0.2) is 0 Å². The second-order valence-corrected chi connectivity index (χ2v) is 7.40. The van der Waals surface area contributed by atoms with Crippen molar-refractivity contribution in [2.45, 2.75) is 26.3 Å². The largest absolute Gasteiger partial charge is 0.496 e. The molecule has 0 fully saturated rings. The van der Waals surface area contributed by atoms with Crippen LogP contribution in [0.25, 0.3) is 5.57 Å². The van der Waals surface area contributed by atoms with Gasteiger partial charge in [-0.1, -0.05) is 6.08 Å². The lowest BCUT2D eigenvalue weighted by atomic mass is 9.88. The Bertz CT molecular complexity index is 960. The van der Waals surface area contributed by atoms with Crippen molar-refractivity contribution < 1.29 is 14.6 Å². The summed E-state index contributed by atoms with van der Waals surface area (Å²) < 4.78 is 5.58. The van der Waals surface area contributed by atoms with Gasteiger partial charge in [-0.15, -0.1) is 0 Å². The van der Waals surface area contributed by atoms with E-state index < -0.39 is 5.97 Å². The number of hydrogen-bond donors (Lipinski definition) is 2. The summed E-state index contributed by atoms with van der Waals surface area (Å²) in [6.45, 7) is 6.48. The minimum absolute atomic E-state index is 0.0681. The van der Waals surface area contributed by atoms with E-state index in [1.807, 2.05) is 6.07 Å². The van der Waals surface area contributed by atoms with Gasteiger partial charge in [-0.2, -0.15) is 5.10 Å². The van der Waals surface area contributed by atoms with Gasteiger partial charge in [-0.25, -0.2) is 4.79 Å². The average molecular weight is 379 g/mol. The number of benzene rings is 2. The van der Waals surface area contributed by atoms with Crippen molar-refractivity contribution in [3.63, 3.8) is 0 Å². The van der Waals surface area contributed by atoms with Gasteiger partial charge >= 0.3 is 5.97 Å². The summed E-state index contributed by atoms with van der Waals surface area (Å²) in [4.78, 5) is 13.2. The maximum atomic E-state index is 10.9. The van der Waals surface area contributed by atoms with Gasteiger partial charge in [0.2, 0.25) is 0 Å². The Labute approximate surface area is 165 Å². The van der Waals surface area contributed by atoms with Crippen LogP contribution in [0.4, 0.5) is 11.4 Å². The van der Waals surface area contributed by atoms with E-state index in [9.17, 15) is 4.79 Å². The second kappa shape index (κ2) is 7.38. The van der Waals surface area contributed by atoms with Gasteiger partial charge in [0, 0.05) is 29.9 Å². The Morgan fingerprint density at radius 3 is 2.54 bits per heavy atom. The molecule has 0 aliphatic carbocycles. The van der Waals surface area contributed by atoms with Gasteiger partial charge in [0.25, 0.3) is 0 Å². The van der Waals surface area contributed by atoms with Crippen LogP contribution in [0.2, 0.25) is 0 Å². The van der Waals surface area contributed by atoms with Gasteiger partial charge in [-0.05, 0) is 56.7 Å². The molecule has 0 spiro atoms. The fraction of sp³-hybridized carbons (Fsp3) is 0.273. The van der Waals surface area contributed by atoms with E-state index in [1.165, 1.54) is 17.7 Å². The van der Waals surface area contributed by atoms with Gasteiger partial charge in [-0.3, -0.25) is 5.43 Å². The normalized spacial score (nSPS) is 15.2. The quantitative estimate of drug-likeness (QED) is 0.592. The van der Waals surface area contributed by atoms with Gasteiger partial charge in [0.05, 0.1) is 30.1 Å². The molecule has 0 radical (unpaired) electrons. The number of hydrazone groups is 1. The van der Waals surface area contributed by atoms with Crippen molar-refractivity contribution in [3.05, 3.63) is 59.2 Å². The molecule has 2 N–H and O–H groups in total. The standard InChI is InChI=1S/C22H25N3O3/c1-14-12-22(2,3)25(4)19-11-20(28-5)16(10-18(14)19)13-23-24-17-8-6-15(7-9-17)21(26)27/h6-13,24H,1-5H3,(H,26,27)/b23-13+. The monoisotopic (exact) mass is 379 g/mol. The Morgan fingerprint density at radius 2 is 1.93 bits per heavy atom. The first-order valence-electron chi connectivity index (χ1n) is 9.01. The third-order valence-corrected chi connectivity index (χ3v) is 5.10. The SMILES string of the molecule is COc1cc2c(cc1/C=N/Nc1ccc(C(=O)O)cc1)C(C)=CC(C)(C)N2C. The average Bonchev–Trinajstić information content (AvgIpc) is 2.66. The lowest BCUT2D eigenvalue weighted by molar-refractivity contribution is 0.0697. The minimum atomic E-state index is -0.953. The molecule has 3 rings (SSSR count). The number of nitrogens with zero attached hydrogens (tertiary/aromatic N) is 2.